The van der Waals surface area contributed by atoms with Gasteiger partial charge in [0.05, 0.1) is 11.0 Å². The summed E-state index contributed by atoms with van der Waals surface area (Å²) < 4.78 is 41.4. The summed E-state index contributed by atoms with van der Waals surface area (Å²) in [5, 5.41) is 3.54. The van der Waals surface area contributed by atoms with E-state index in [1.54, 1.807) is 0 Å². The molecule has 1 N–H and O–H groups in total. The van der Waals surface area contributed by atoms with Crippen LogP contribution in [-0.4, -0.2) is 52.4 Å². The average Bonchev–Trinajstić information content (AvgIpc) is 3.59. The number of nitrogens with one attached hydrogen (secondary N) is 1. The number of hydrogen-bond donors (Lipinski definition) is 1. The lowest BCUT2D eigenvalue weighted by atomic mass is 9.73. The van der Waals surface area contributed by atoms with Crippen LogP contribution in [0.4, 0.5) is 13.2 Å². The van der Waals surface area contributed by atoms with Crippen molar-refractivity contribution in [2.45, 2.75) is 110 Å². The van der Waals surface area contributed by atoms with Crippen molar-refractivity contribution >= 4 is 21.8 Å². The van der Waals surface area contributed by atoms with Crippen LogP contribution in [0.2, 0.25) is 0 Å². The fourth-order valence-electron chi connectivity index (χ4n) is 7.68. The molecule has 1 amide bonds. The zero-order valence-electron chi connectivity index (χ0n) is 25.9. The Morgan fingerprint density at radius 1 is 1.14 bits per heavy atom. The van der Waals surface area contributed by atoms with Gasteiger partial charge in [-0.3, -0.25) is 14.7 Å². The summed E-state index contributed by atoms with van der Waals surface area (Å²) in [7, 11) is 0. The summed E-state index contributed by atoms with van der Waals surface area (Å²) in [5.41, 5.74) is 2.75. The van der Waals surface area contributed by atoms with Gasteiger partial charge < -0.3 is 10.2 Å². The molecule has 5 rings (SSSR count). The van der Waals surface area contributed by atoms with Crippen LogP contribution in [0.3, 0.4) is 0 Å². The van der Waals surface area contributed by atoms with E-state index in [4.69, 9.17) is 0 Å². The molecule has 0 bridgehead atoms. The number of benzene rings is 1. The molecule has 236 valence electrons. The van der Waals surface area contributed by atoms with Crippen molar-refractivity contribution in [3.05, 3.63) is 62.9 Å². The van der Waals surface area contributed by atoms with Crippen LogP contribution in [0.25, 0.3) is 0 Å². The maximum Gasteiger partial charge on any atom is 0.417 e. The van der Waals surface area contributed by atoms with Crippen molar-refractivity contribution in [3.63, 3.8) is 0 Å². The molecule has 2 aromatic rings. The first kappa shape index (κ1) is 32.4. The molecule has 2 aliphatic carbocycles. The quantitative estimate of drug-likeness (QED) is 0.265. The van der Waals surface area contributed by atoms with Gasteiger partial charge >= 0.3 is 6.18 Å². The Labute approximate surface area is 263 Å². The third kappa shape index (κ3) is 6.99. The van der Waals surface area contributed by atoms with E-state index in [9.17, 15) is 18.0 Å². The van der Waals surface area contributed by atoms with Crippen LogP contribution in [0.5, 0.6) is 0 Å². The van der Waals surface area contributed by atoms with Crippen LogP contribution < -0.4 is 5.32 Å². The van der Waals surface area contributed by atoms with E-state index in [1.165, 1.54) is 17.2 Å². The number of fused-ring (bicyclic) bond motifs is 2. The first-order valence-corrected chi connectivity index (χ1v) is 16.8. The number of aromatic nitrogens is 1. The van der Waals surface area contributed by atoms with Gasteiger partial charge in [0, 0.05) is 54.0 Å². The van der Waals surface area contributed by atoms with E-state index < -0.39 is 17.2 Å². The van der Waals surface area contributed by atoms with Gasteiger partial charge in [0.25, 0.3) is 0 Å². The minimum atomic E-state index is -4.45. The Balaban J connectivity index is 1.35. The largest absolute Gasteiger partial charge is 0.417 e. The number of alkyl halides is 3. The topological polar surface area (TPSA) is 48.5 Å². The van der Waals surface area contributed by atoms with Gasteiger partial charge in [-0.1, -0.05) is 49.7 Å². The minimum absolute atomic E-state index is 0.102. The number of hydrogen-bond acceptors (Lipinski definition) is 4. The molecular formula is C34H46BrF3N4O. The Hall–Kier alpha value is -1.97. The van der Waals surface area contributed by atoms with E-state index in [0.717, 1.165) is 68.7 Å². The van der Waals surface area contributed by atoms with Crippen molar-refractivity contribution in [2.75, 3.05) is 19.6 Å². The van der Waals surface area contributed by atoms with Gasteiger partial charge in [-0.2, -0.15) is 13.2 Å². The van der Waals surface area contributed by atoms with E-state index >= 15 is 0 Å². The summed E-state index contributed by atoms with van der Waals surface area (Å²) in [6, 6.07) is 8.97. The first-order chi connectivity index (χ1) is 20.4. The highest BCUT2D eigenvalue weighted by Gasteiger charge is 2.51. The third-order valence-electron chi connectivity index (χ3n) is 10.1. The van der Waals surface area contributed by atoms with Crippen LogP contribution in [0, 0.1) is 11.3 Å². The molecular weight excluding hydrogens is 617 g/mol. The molecule has 1 aliphatic heterocycles. The van der Waals surface area contributed by atoms with E-state index in [-0.39, 0.29) is 18.4 Å². The molecule has 1 saturated carbocycles. The molecule has 5 nitrogen and oxygen atoms in total. The van der Waals surface area contributed by atoms with Gasteiger partial charge in [0.15, 0.2) is 0 Å². The second-order valence-electron chi connectivity index (χ2n) is 13.5. The molecule has 3 atom stereocenters. The maximum absolute atomic E-state index is 14.4. The Morgan fingerprint density at radius 3 is 2.65 bits per heavy atom. The summed E-state index contributed by atoms with van der Waals surface area (Å²) in [4.78, 5) is 23.0. The predicted octanol–water partition coefficient (Wildman–Crippen LogP) is 7.71. The molecule has 3 aliphatic rings. The Kier molecular flexibility index (Phi) is 9.94. The lowest BCUT2D eigenvalue weighted by Gasteiger charge is -2.41. The lowest BCUT2D eigenvalue weighted by molar-refractivity contribution is -0.146. The minimum Gasteiger partial charge on any atom is -0.337 e. The number of pyridine rings is 1. The molecule has 0 radical (unpaired) electrons. The van der Waals surface area contributed by atoms with E-state index in [2.05, 4.69) is 77.0 Å². The number of aryl methyl sites for hydroxylation is 1. The summed E-state index contributed by atoms with van der Waals surface area (Å²) in [6.45, 7) is 11.3. The van der Waals surface area contributed by atoms with E-state index in [1.807, 2.05) is 4.90 Å². The van der Waals surface area contributed by atoms with Crippen molar-refractivity contribution in [2.24, 2.45) is 11.3 Å². The number of unbranched alkanes of at least 4 members (excludes halogenated alkanes) is 1. The van der Waals surface area contributed by atoms with Gasteiger partial charge in [-0.05, 0) is 98.8 Å². The SMILES string of the molecule is CC(C)NCCCCN([C@@H]1CC[C@@](C(=O)N2CCc3ncc(C(F)(F)F)cc3C2)(C(C)C)C1)[C@@H]1CCc2cc(Br)ccc21. The summed E-state index contributed by atoms with van der Waals surface area (Å²) in [6.07, 6.45) is 3.87. The Morgan fingerprint density at radius 2 is 1.93 bits per heavy atom. The number of amides is 1. The highest BCUT2D eigenvalue weighted by Crippen LogP contribution is 2.50. The number of carbonyl (C=O) groups excluding carboxylic acids is 1. The van der Waals surface area contributed by atoms with E-state index in [0.29, 0.717) is 42.3 Å². The van der Waals surface area contributed by atoms with Crippen LogP contribution in [0.1, 0.15) is 100 Å². The zero-order valence-corrected chi connectivity index (χ0v) is 27.5. The van der Waals surface area contributed by atoms with Crippen LogP contribution >= 0.6 is 15.9 Å². The van der Waals surface area contributed by atoms with Gasteiger partial charge in [-0.15, -0.1) is 0 Å². The molecule has 1 aromatic carbocycles. The monoisotopic (exact) mass is 662 g/mol. The van der Waals surface area contributed by atoms with Crippen molar-refractivity contribution in [1.82, 2.24) is 20.1 Å². The number of halogens is 4. The highest BCUT2D eigenvalue weighted by atomic mass is 79.9. The molecule has 2 heterocycles. The number of nitrogens with zero attached hydrogens (tertiary/aromatic N) is 3. The van der Waals surface area contributed by atoms with Crippen LogP contribution in [-0.2, 0) is 30.4 Å². The average molecular weight is 664 g/mol. The normalized spacial score (nSPS) is 23.8. The van der Waals surface area contributed by atoms with Gasteiger partial charge in [-0.25, -0.2) is 0 Å². The van der Waals surface area contributed by atoms with Gasteiger partial charge in [0.2, 0.25) is 5.91 Å². The summed E-state index contributed by atoms with van der Waals surface area (Å²) >= 11 is 3.64. The molecule has 1 aromatic heterocycles. The summed E-state index contributed by atoms with van der Waals surface area (Å²) in [5.74, 6) is 0.236. The lowest BCUT2D eigenvalue weighted by Crippen LogP contribution is -2.48. The molecule has 0 spiro atoms. The van der Waals surface area contributed by atoms with Crippen molar-refractivity contribution in [1.29, 1.82) is 0 Å². The highest BCUT2D eigenvalue weighted by molar-refractivity contribution is 9.10. The standard InChI is InChI=1S/C34H46BrF3N4O/c1-22(2)33(32(43)41-16-12-30-25(21-41)17-26(20-40-30)34(36,37)38)13-11-28(19-33)42(15-6-5-14-39-23(3)4)31-10-7-24-18-27(35)8-9-29(24)31/h8-9,17-18,20,22-23,28,31,39H,5-7,10-16,19,21H2,1-4H3/t28-,31-,33+/m1/s1. The number of rotatable bonds is 10. The van der Waals surface area contributed by atoms with Crippen LogP contribution in [0.15, 0.2) is 34.9 Å². The van der Waals surface area contributed by atoms with Gasteiger partial charge in [0.1, 0.15) is 0 Å². The maximum atomic E-state index is 14.4. The smallest absolute Gasteiger partial charge is 0.337 e. The third-order valence-corrected chi connectivity index (χ3v) is 10.6. The molecule has 0 unspecified atom stereocenters. The fraction of sp³-hybridized carbons (Fsp3) is 0.647. The Bertz CT molecular complexity index is 1300. The molecule has 1 fully saturated rings. The predicted molar refractivity (Wildman–Crippen MR) is 168 cm³/mol. The second kappa shape index (κ2) is 13.2. The number of carbonyl (C=O) groups is 1. The van der Waals surface area contributed by atoms with Crippen molar-refractivity contribution in [3.8, 4) is 0 Å². The zero-order chi connectivity index (χ0) is 30.9. The molecule has 9 heteroatoms. The molecule has 0 saturated heterocycles. The van der Waals surface area contributed by atoms with Crippen molar-refractivity contribution < 1.29 is 18.0 Å². The first-order valence-electron chi connectivity index (χ1n) is 16.0. The molecule has 43 heavy (non-hydrogen) atoms. The second-order valence-corrected chi connectivity index (χ2v) is 14.4. The fourth-order valence-corrected chi connectivity index (χ4v) is 8.09.